The predicted molar refractivity (Wildman–Crippen MR) is 51.5 cm³/mol. The maximum absolute atomic E-state index is 5.52. The van der Waals surface area contributed by atoms with Crippen LogP contribution in [0.4, 0.5) is 0 Å². The molecule has 0 saturated heterocycles. The lowest BCUT2D eigenvalue weighted by atomic mass is 9.43. The third-order valence-corrected chi connectivity index (χ3v) is 4.57. The highest BCUT2D eigenvalue weighted by molar-refractivity contribution is 5.11. The highest BCUT2D eigenvalue weighted by Gasteiger charge is 2.55. The van der Waals surface area contributed by atoms with Gasteiger partial charge in [-0.05, 0) is 36.0 Å². The standard InChI is InChI=1S/C12H18/c1-5-9-6-10-7-11(8(9)2)12(10,3)4/h1,8-11H,6-7H2,2-4H3/t8?,9-,10?,11-/m0/s1. The zero-order valence-electron chi connectivity index (χ0n) is 8.30. The van der Waals surface area contributed by atoms with Crippen LogP contribution in [-0.2, 0) is 0 Å². The van der Waals surface area contributed by atoms with Crippen LogP contribution in [0.2, 0.25) is 0 Å². The fourth-order valence-electron chi connectivity index (χ4n) is 3.37. The van der Waals surface area contributed by atoms with Crippen LogP contribution in [-0.4, -0.2) is 0 Å². The van der Waals surface area contributed by atoms with E-state index in [1.54, 1.807) is 0 Å². The van der Waals surface area contributed by atoms with Crippen molar-refractivity contribution >= 4 is 0 Å². The molecule has 0 aromatic carbocycles. The third-order valence-electron chi connectivity index (χ3n) is 4.57. The molecule has 0 amide bonds. The van der Waals surface area contributed by atoms with E-state index in [2.05, 4.69) is 26.7 Å². The minimum absolute atomic E-state index is 0.571. The number of terminal acetylenes is 1. The van der Waals surface area contributed by atoms with Gasteiger partial charge in [0.2, 0.25) is 0 Å². The maximum atomic E-state index is 5.52. The van der Waals surface area contributed by atoms with Crippen LogP contribution in [0.1, 0.15) is 33.6 Å². The Morgan fingerprint density at radius 2 is 2.00 bits per heavy atom. The predicted octanol–water partition coefficient (Wildman–Crippen LogP) is 2.94. The Bertz CT molecular complexity index is 231. The number of hydrogen-bond donors (Lipinski definition) is 0. The van der Waals surface area contributed by atoms with Crippen LogP contribution in [0.15, 0.2) is 0 Å². The number of rotatable bonds is 0. The van der Waals surface area contributed by atoms with Crippen LogP contribution in [0.25, 0.3) is 0 Å². The summed E-state index contributed by atoms with van der Waals surface area (Å²) in [6.07, 6.45) is 8.23. The molecule has 0 aromatic rings. The van der Waals surface area contributed by atoms with Crippen molar-refractivity contribution in [3.8, 4) is 12.3 Å². The molecule has 2 unspecified atom stereocenters. The van der Waals surface area contributed by atoms with E-state index < -0.39 is 0 Å². The Morgan fingerprint density at radius 1 is 1.33 bits per heavy atom. The molecule has 0 heterocycles. The maximum Gasteiger partial charge on any atom is 0.0231 e. The van der Waals surface area contributed by atoms with Crippen LogP contribution in [0, 0.1) is 41.4 Å². The smallest absolute Gasteiger partial charge is 0.0231 e. The van der Waals surface area contributed by atoms with Gasteiger partial charge in [0.05, 0.1) is 0 Å². The van der Waals surface area contributed by atoms with E-state index in [1.807, 2.05) is 0 Å². The van der Waals surface area contributed by atoms with Gasteiger partial charge in [-0.3, -0.25) is 0 Å². The lowest BCUT2D eigenvalue weighted by Crippen LogP contribution is -2.54. The summed E-state index contributed by atoms with van der Waals surface area (Å²) in [6, 6.07) is 0. The Hall–Kier alpha value is -0.440. The topological polar surface area (TPSA) is 0 Å². The van der Waals surface area contributed by atoms with Gasteiger partial charge in [0.15, 0.2) is 0 Å². The zero-order valence-corrected chi connectivity index (χ0v) is 8.30. The van der Waals surface area contributed by atoms with Gasteiger partial charge in [-0.2, -0.15) is 0 Å². The van der Waals surface area contributed by atoms with Crippen LogP contribution < -0.4 is 0 Å². The van der Waals surface area contributed by atoms with Gasteiger partial charge < -0.3 is 0 Å². The van der Waals surface area contributed by atoms with Gasteiger partial charge in [0.1, 0.15) is 0 Å². The molecule has 0 spiro atoms. The summed E-state index contributed by atoms with van der Waals surface area (Å²) in [5, 5.41) is 0. The second-order valence-electron chi connectivity index (χ2n) is 5.23. The Morgan fingerprint density at radius 3 is 2.42 bits per heavy atom. The molecule has 0 heteroatoms. The van der Waals surface area contributed by atoms with Crippen molar-refractivity contribution in [3.05, 3.63) is 0 Å². The van der Waals surface area contributed by atoms with Crippen molar-refractivity contribution in [2.45, 2.75) is 33.6 Å². The van der Waals surface area contributed by atoms with Crippen LogP contribution >= 0.6 is 0 Å². The first-order valence-corrected chi connectivity index (χ1v) is 5.03. The molecular weight excluding hydrogens is 144 g/mol. The van der Waals surface area contributed by atoms with E-state index in [0.717, 1.165) is 17.8 Å². The molecule has 0 nitrogen and oxygen atoms in total. The first-order chi connectivity index (χ1) is 5.57. The van der Waals surface area contributed by atoms with Crippen LogP contribution in [0.5, 0.6) is 0 Å². The molecule has 4 atom stereocenters. The van der Waals surface area contributed by atoms with E-state index in [-0.39, 0.29) is 0 Å². The zero-order chi connectivity index (χ0) is 8.93. The number of hydrogen-bond acceptors (Lipinski definition) is 0. The van der Waals surface area contributed by atoms with Crippen molar-refractivity contribution in [1.82, 2.24) is 0 Å². The Kier molecular flexibility index (Phi) is 1.55. The van der Waals surface area contributed by atoms with Gasteiger partial charge in [-0.15, -0.1) is 12.3 Å². The highest BCUT2D eigenvalue weighted by atomic mass is 14.6. The molecule has 0 aliphatic heterocycles. The van der Waals surface area contributed by atoms with Gasteiger partial charge in [0, 0.05) is 5.92 Å². The van der Waals surface area contributed by atoms with Gasteiger partial charge >= 0.3 is 0 Å². The first-order valence-electron chi connectivity index (χ1n) is 5.03. The summed E-state index contributed by atoms with van der Waals surface area (Å²) in [7, 11) is 0. The average Bonchev–Trinajstić information content (AvgIpc) is 2.03. The van der Waals surface area contributed by atoms with Gasteiger partial charge in [-0.1, -0.05) is 20.8 Å². The minimum atomic E-state index is 0.571. The quantitative estimate of drug-likeness (QED) is 0.480. The molecule has 3 aliphatic rings. The molecular formula is C12H18. The van der Waals surface area contributed by atoms with Crippen molar-refractivity contribution < 1.29 is 0 Å². The van der Waals surface area contributed by atoms with Crippen molar-refractivity contribution in [2.75, 3.05) is 0 Å². The molecule has 0 radical (unpaired) electrons. The summed E-state index contributed by atoms with van der Waals surface area (Å²) in [4.78, 5) is 0. The fraction of sp³-hybridized carbons (Fsp3) is 0.833. The molecule has 3 saturated carbocycles. The van der Waals surface area contributed by atoms with Crippen LogP contribution in [0.3, 0.4) is 0 Å². The van der Waals surface area contributed by atoms with E-state index in [9.17, 15) is 0 Å². The fourth-order valence-corrected chi connectivity index (χ4v) is 3.37. The van der Waals surface area contributed by atoms with Crippen molar-refractivity contribution in [3.63, 3.8) is 0 Å². The lowest BCUT2D eigenvalue weighted by Gasteiger charge is -2.61. The van der Waals surface area contributed by atoms with Crippen molar-refractivity contribution in [2.24, 2.45) is 29.1 Å². The average molecular weight is 162 g/mol. The minimum Gasteiger partial charge on any atom is -0.120 e. The second-order valence-corrected chi connectivity index (χ2v) is 5.23. The summed E-state index contributed by atoms with van der Waals surface area (Å²) in [6.45, 7) is 7.16. The van der Waals surface area contributed by atoms with E-state index >= 15 is 0 Å². The monoisotopic (exact) mass is 162 g/mol. The van der Waals surface area contributed by atoms with Gasteiger partial charge in [-0.25, -0.2) is 0 Å². The molecule has 3 fully saturated rings. The molecule has 0 N–H and O–H groups in total. The highest BCUT2D eigenvalue weighted by Crippen LogP contribution is 2.62. The molecule has 2 bridgehead atoms. The second kappa shape index (κ2) is 2.28. The van der Waals surface area contributed by atoms with Crippen molar-refractivity contribution in [1.29, 1.82) is 0 Å². The molecule has 12 heavy (non-hydrogen) atoms. The summed E-state index contributed by atoms with van der Waals surface area (Å²) in [5.74, 6) is 6.10. The Balaban J connectivity index is 2.18. The normalized spacial score (nSPS) is 49.2. The lowest BCUT2D eigenvalue weighted by molar-refractivity contribution is -0.116. The molecule has 3 rings (SSSR count). The molecule has 3 aliphatic carbocycles. The summed E-state index contributed by atoms with van der Waals surface area (Å²) >= 11 is 0. The summed E-state index contributed by atoms with van der Waals surface area (Å²) < 4.78 is 0. The largest absolute Gasteiger partial charge is 0.120 e. The van der Waals surface area contributed by atoms with E-state index in [1.165, 1.54) is 12.8 Å². The van der Waals surface area contributed by atoms with Gasteiger partial charge in [0.25, 0.3) is 0 Å². The molecule has 0 aromatic heterocycles. The summed E-state index contributed by atoms with van der Waals surface area (Å²) in [5.41, 5.74) is 0.590. The third kappa shape index (κ3) is 0.802. The molecule has 66 valence electrons. The Labute approximate surface area is 75.7 Å². The van der Waals surface area contributed by atoms with E-state index in [4.69, 9.17) is 6.42 Å². The van der Waals surface area contributed by atoms with E-state index in [0.29, 0.717) is 11.3 Å². The number of fused-ring (bicyclic) bond motifs is 2. The first kappa shape index (κ1) is 8.17. The SMILES string of the molecule is C#C[C@H]1CC2C[C@@H](C1C)C2(C)C.